The number of benzene rings is 2. The molecule has 0 aliphatic heterocycles. The number of ether oxygens (including phenoxy) is 2. The quantitative estimate of drug-likeness (QED) is 0.666. The Morgan fingerprint density at radius 1 is 0.952 bits per heavy atom. The Hall–Kier alpha value is -1.19. The van der Waals surface area contributed by atoms with Crippen LogP contribution in [-0.4, -0.2) is 14.2 Å². The summed E-state index contributed by atoms with van der Waals surface area (Å²) in [6.07, 6.45) is 0. The molecule has 0 saturated heterocycles. The van der Waals surface area contributed by atoms with Crippen LogP contribution in [0.5, 0.6) is 11.5 Å². The number of aryl methyl sites for hydroxylation is 2. The summed E-state index contributed by atoms with van der Waals surface area (Å²) in [4.78, 5) is 0.0513. The van der Waals surface area contributed by atoms with E-state index in [-0.39, 0.29) is 4.83 Å². The van der Waals surface area contributed by atoms with Crippen molar-refractivity contribution in [3.05, 3.63) is 57.6 Å². The fourth-order valence-electron chi connectivity index (χ4n) is 2.22. The van der Waals surface area contributed by atoms with Crippen LogP contribution in [0, 0.1) is 13.8 Å². The van der Waals surface area contributed by atoms with Crippen molar-refractivity contribution in [1.29, 1.82) is 0 Å². The predicted octanol–water partition coefficient (Wildman–Crippen LogP) is 5.46. The number of hydrogen-bond donors (Lipinski definition) is 0. The second kappa shape index (κ2) is 6.71. The molecule has 2 nitrogen and oxygen atoms in total. The maximum absolute atomic E-state index is 6.23. The average Bonchev–Trinajstić information content (AvgIpc) is 2.49. The van der Waals surface area contributed by atoms with Crippen LogP contribution in [0.2, 0.25) is 5.02 Å². The van der Waals surface area contributed by atoms with E-state index in [1.54, 1.807) is 14.2 Å². The summed E-state index contributed by atoms with van der Waals surface area (Å²) in [5.41, 5.74) is 4.45. The van der Waals surface area contributed by atoms with Gasteiger partial charge in [0, 0.05) is 5.02 Å². The number of rotatable bonds is 4. The molecule has 2 rings (SSSR count). The third kappa shape index (κ3) is 3.35. The molecule has 0 aliphatic carbocycles. The number of methoxy groups -OCH3 is 2. The minimum absolute atomic E-state index is 0.0513. The molecule has 0 fully saturated rings. The molecule has 21 heavy (non-hydrogen) atoms. The van der Waals surface area contributed by atoms with Crippen LogP contribution >= 0.6 is 27.5 Å². The van der Waals surface area contributed by atoms with Gasteiger partial charge in [0.05, 0.1) is 19.0 Å². The van der Waals surface area contributed by atoms with Crippen LogP contribution in [0.3, 0.4) is 0 Å². The van der Waals surface area contributed by atoms with Crippen LogP contribution in [0.1, 0.15) is 27.1 Å². The summed E-state index contributed by atoms with van der Waals surface area (Å²) in [6, 6.07) is 10.1. The molecule has 2 aromatic rings. The molecule has 4 heteroatoms. The zero-order valence-corrected chi connectivity index (χ0v) is 14.9. The van der Waals surface area contributed by atoms with Crippen molar-refractivity contribution in [3.63, 3.8) is 0 Å². The molecule has 0 N–H and O–H groups in total. The van der Waals surface area contributed by atoms with Gasteiger partial charge in [-0.1, -0.05) is 39.7 Å². The van der Waals surface area contributed by atoms with E-state index in [9.17, 15) is 0 Å². The highest BCUT2D eigenvalue weighted by molar-refractivity contribution is 9.09. The first kappa shape index (κ1) is 16.2. The van der Waals surface area contributed by atoms with Crippen LogP contribution < -0.4 is 9.47 Å². The Morgan fingerprint density at radius 3 is 2.14 bits per heavy atom. The van der Waals surface area contributed by atoms with Gasteiger partial charge in [-0.15, -0.1) is 0 Å². The molecule has 0 heterocycles. The maximum Gasteiger partial charge on any atom is 0.161 e. The first-order chi connectivity index (χ1) is 9.97. The molecule has 0 bridgehead atoms. The van der Waals surface area contributed by atoms with E-state index in [4.69, 9.17) is 21.1 Å². The van der Waals surface area contributed by atoms with E-state index in [0.717, 1.165) is 38.8 Å². The average molecular weight is 370 g/mol. The van der Waals surface area contributed by atoms with Gasteiger partial charge in [-0.05, 0) is 54.3 Å². The lowest BCUT2D eigenvalue weighted by Gasteiger charge is -2.17. The maximum atomic E-state index is 6.23. The second-order valence-corrected chi connectivity index (χ2v) is 6.26. The van der Waals surface area contributed by atoms with Gasteiger partial charge in [-0.3, -0.25) is 0 Å². The van der Waals surface area contributed by atoms with Crippen LogP contribution in [-0.2, 0) is 0 Å². The molecule has 0 amide bonds. The normalized spacial score (nSPS) is 12.1. The predicted molar refractivity (Wildman–Crippen MR) is 91.2 cm³/mol. The van der Waals surface area contributed by atoms with Crippen molar-refractivity contribution >= 4 is 27.5 Å². The van der Waals surface area contributed by atoms with Crippen molar-refractivity contribution in [2.45, 2.75) is 18.7 Å². The molecular formula is C17H18BrClO2. The molecular weight excluding hydrogens is 352 g/mol. The van der Waals surface area contributed by atoms with Crippen LogP contribution in [0.4, 0.5) is 0 Å². The summed E-state index contributed by atoms with van der Waals surface area (Å²) < 4.78 is 10.7. The molecule has 1 atom stereocenters. The third-order valence-corrected chi connectivity index (χ3v) is 4.96. The molecule has 0 aromatic heterocycles. The van der Waals surface area contributed by atoms with Gasteiger partial charge in [0.25, 0.3) is 0 Å². The summed E-state index contributed by atoms with van der Waals surface area (Å²) in [6.45, 7) is 4.05. The Kier molecular flexibility index (Phi) is 5.17. The zero-order chi connectivity index (χ0) is 15.6. The highest BCUT2D eigenvalue weighted by Gasteiger charge is 2.17. The van der Waals surface area contributed by atoms with Gasteiger partial charge >= 0.3 is 0 Å². The lowest BCUT2D eigenvalue weighted by Crippen LogP contribution is -1.99. The fraction of sp³-hybridized carbons (Fsp3) is 0.294. The molecule has 0 aliphatic rings. The standard InChI is InChI=1S/C17H18BrClO2/c1-10-5-6-12(8-14(10)19)17(18)13-9-16(21-4)15(20-3)7-11(13)2/h5-9,17H,1-4H3. The van der Waals surface area contributed by atoms with Gasteiger partial charge in [-0.2, -0.15) is 0 Å². The van der Waals surface area contributed by atoms with E-state index in [2.05, 4.69) is 28.9 Å². The summed E-state index contributed by atoms with van der Waals surface area (Å²) in [7, 11) is 3.28. The van der Waals surface area contributed by atoms with Crippen molar-refractivity contribution in [2.24, 2.45) is 0 Å². The number of halogens is 2. The molecule has 2 aromatic carbocycles. The smallest absolute Gasteiger partial charge is 0.161 e. The molecule has 0 spiro atoms. The lowest BCUT2D eigenvalue weighted by molar-refractivity contribution is 0.354. The first-order valence-corrected chi connectivity index (χ1v) is 7.90. The fourth-order valence-corrected chi connectivity index (χ4v) is 3.18. The minimum atomic E-state index is 0.0513. The highest BCUT2D eigenvalue weighted by atomic mass is 79.9. The highest BCUT2D eigenvalue weighted by Crippen LogP contribution is 2.39. The van der Waals surface area contributed by atoms with Crippen molar-refractivity contribution in [1.82, 2.24) is 0 Å². The van der Waals surface area contributed by atoms with Gasteiger partial charge in [0.1, 0.15) is 0 Å². The van der Waals surface area contributed by atoms with Crippen LogP contribution in [0.25, 0.3) is 0 Å². The SMILES string of the molecule is COc1cc(C)c(C(Br)c2ccc(C)c(Cl)c2)cc1OC. The van der Waals surface area contributed by atoms with Gasteiger partial charge in [0.15, 0.2) is 11.5 Å². The summed E-state index contributed by atoms with van der Waals surface area (Å²) in [5.74, 6) is 1.46. The van der Waals surface area contributed by atoms with Gasteiger partial charge in [-0.25, -0.2) is 0 Å². The third-order valence-electron chi connectivity index (χ3n) is 3.53. The zero-order valence-electron chi connectivity index (χ0n) is 12.5. The largest absolute Gasteiger partial charge is 0.493 e. The molecule has 1 unspecified atom stereocenters. The Balaban J connectivity index is 2.47. The van der Waals surface area contributed by atoms with E-state index < -0.39 is 0 Å². The summed E-state index contributed by atoms with van der Waals surface area (Å²) >= 11 is 9.98. The monoisotopic (exact) mass is 368 g/mol. The second-order valence-electron chi connectivity index (χ2n) is 4.93. The van der Waals surface area contributed by atoms with Crippen molar-refractivity contribution in [2.75, 3.05) is 14.2 Å². The van der Waals surface area contributed by atoms with E-state index in [1.807, 2.05) is 31.2 Å². The Morgan fingerprint density at radius 2 is 1.57 bits per heavy atom. The van der Waals surface area contributed by atoms with Crippen LogP contribution in [0.15, 0.2) is 30.3 Å². The Labute approximate surface area is 139 Å². The summed E-state index contributed by atoms with van der Waals surface area (Å²) in [5, 5.41) is 0.773. The minimum Gasteiger partial charge on any atom is -0.493 e. The first-order valence-electron chi connectivity index (χ1n) is 6.60. The van der Waals surface area contributed by atoms with Gasteiger partial charge in [0.2, 0.25) is 0 Å². The van der Waals surface area contributed by atoms with Gasteiger partial charge < -0.3 is 9.47 Å². The molecule has 0 radical (unpaired) electrons. The van der Waals surface area contributed by atoms with E-state index in [0.29, 0.717) is 0 Å². The molecule has 112 valence electrons. The number of hydrogen-bond acceptors (Lipinski definition) is 2. The van der Waals surface area contributed by atoms with Crippen molar-refractivity contribution in [3.8, 4) is 11.5 Å². The topological polar surface area (TPSA) is 18.5 Å². The Bertz CT molecular complexity index is 655. The van der Waals surface area contributed by atoms with E-state index >= 15 is 0 Å². The number of alkyl halides is 1. The lowest BCUT2D eigenvalue weighted by atomic mass is 9.99. The molecule has 0 saturated carbocycles. The van der Waals surface area contributed by atoms with E-state index in [1.165, 1.54) is 0 Å². The van der Waals surface area contributed by atoms with Crippen molar-refractivity contribution < 1.29 is 9.47 Å².